The molecule has 0 amide bonds. The molecule has 86 valence electrons. The summed E-state index contributed by atoms with van der Waals surface area (Å²) < 4.78 is 0. The first-order chi connectivity index (χ1) is 8.33. The van der Waals surface area contributed by atoms with Crippen LogP contribution in [0.2, 0.25) is 0 Å². The molecule has 1 aliphatic rings. The highest BCUT2D eigenvalue weighted by molar-refractivity contribution is 5.58. The summed E-state index contributed by atoms with van der Waals surface area (Å²) >= 11 is 0. The molecule has 2 heterocycles. The zero-order valence-electron chi connectivity index (χ0n) is 9.31. The summed E-state index contributed by atoms with van der Waals surface area (Å²) in [5.41, 5.74) is 1.64. The van der Waals surface area contributed by atoms with Crippen LogP contribution in [0, 0.1) is 0 Å². The molecule has 0 unspecified atom stereocenters. The van der Waals surface area contributed by atoms with E-state index in [1.54, 1.807) is 6.07 Å². The number of nitrogens with one attached hydrogen (secondary N) is 2. The zero-order valence-corrected chi connectivity index (χ0v) is 9.31. The van der Waals surface area contributed by atoms with E-state index in [9.17, 15) is 4.79 Å². The molecule has 4 heteroatoms. The summed E-state index contributed by atoms with van der Waals surface area (Å²) in [4.78, 5) is 19.0. The lowest BCUT2D eigenvalue weighted by Crippen LogP contribution is -2.41. The van der Waals surface area contributed by atoms with Gasteiger partial charge in [0.15, 0.2) is 0 Å². The Balaban J connectivity index is 2.05. The fraction of sp³-hybridized carbons (Fsp3) is 0.231. The zero-order chi connectivity index (χ0) is 11.7. The smallest absolute Gasteiger partial charge is 0.251 e. The molecular formula is C13H13N3O. The Morgan fingerprint density at radius 2 is 1.94 bits per heavy atom. The van der Waals surface area contributed by atoms with Crippen molar-refractivity contribution < 1.29 is 0 Å². The fourth-order valence-electron chi connectivity index (χ4n) is 1.91. The summed E-state index contributed by atoms with van der Waals surface area (Å²) in [5.74, 6) is 1.13. The van der Waals surface area contributed by atoms with Gasteiger partial charge in [0.2, 0.25) is 0 Å². The number of benzene rings is 1. The van der Waals surface area contributed by atoms with Crippen molar-refractivity contribution >= 4 is 0 Å². The van der Waals surface area contributed by atoms with E-state index in [4.69, 9.17) is 0 Å². The summed E-state index contributed by atoms with van der Waals surface area (Å²) in [6, 6.07) is 11.3. The van der Waals surface area contributed by atoms with Crippen LogP contribution < -0.4 is 10.9 Å². The highest BCUT2D eigenvalue weighted by Gasteiger charge is 2.21. The van der Waals surface area contributed by atoms with Gasteiger partial charge in [0.05, 0.1) is 5.69 Å². The first-order valence-electron chi connectivity index (χ1n) is 5.70. The summed E-state index contributed by atoms with van der Waals surface area (Å²) in [7, 11) is 0. The maximum absolute atomic E-state index is 11.6. The summed E-state index contributed by atoms with van der Waals surface area (Å²) in [6.07, 6.45) is 0. The maximum Gasteiger partial charge on any atom is 0.251 e. The van der Waals surface area contributed by atoms with Crippen molar-refractivity contribution in [3.8, 4) is 11.3 Å². The van der Waals surface area contributed by atoms with Crippen molar-refractivity contribution in [1.82, 2.24) is 15.3 Å². The normalized spacial score (nSPS) is 15.5. The van der Waals surface area contributed by atoms with Gasteiger partial charge in [-0.1, -0.05) is 30.3 Å². The SMILES string of the molecule is O=c1cc(-c2ccccc2)nc(C2CNC2)[nH]1. The van der Waals surface area contributed by atoms with Crippen LogP contribution in [-0.4, -0.2) is 23.1 Å². The lowest BCUT2D eigenvalue weighted by Gasteiger charge is -2.26. The molecule has 1 aromatic carbocycles. The monoisotopic (exact) mass is 227 g/mol. The van der Waals surface area contributed by atoms with Gasteiger partial charge in [-0.3, -0.25) is 4.79 Å². The molecule has 0 saturated carbocycles. The van der Waals surface area contributed by atoms with Gasteiger partial charge in [-0.05, 0) is 0 Å². The highest BCUT2D eigenvalue weighted by Crippen LogP contribution is 2.19. The van der Waals surface area contributed by atoms with Gasteiger partial charge in [-0.15, -0.1) is 0 Å². The molecule has 0 aliphatic carbocycles. The lowest BCUT2D eigenvalue weighted by atomic mass is 10.0. The van der Waals surface area contributed by atoms with Gasteiger partial charge in [0.1, 0.15) is 5.82 Å². The van der Waals surface area contributed by atoms with E-state index in [2.05, 4.69) is 15.3 Å². The van der Waals surface area contributed by atoms with Crippen molar-refractivity contribution in [2.45, 2.75) is 5.92 Å². The van der Waals surface area contributed by atoms with E-state index in [0.717, 1.165) is 30.2 Å². The number of rotatable bonds is 2. The van der Waals surface area contributed by atoms with Crippen molar-refractivity contribution in [2.75, 3.05) is 13.1 Å². The Morgan fingerprint density at radius 3 is 2.59 bits per heavy atom. The molecule has 2 N–H and O–H groups in total. The first-order valence-corrected chi connectivity index (χ1v) is 5.70. The molecule has 1 fully saturated rings. The second-order valence-corrected chi connectivity index (χ2v) is 4.24. The molecule has 2 aromatic rings. The number of aromatic amines is 1. The van der Waals surface area contributed by atoms with Gasteiger partial charge in [-0.2, -0.15) is 0 Å². The van der Waals surface area contributed by atoms with Crippen LogP contribution in [0.4, 0.5) is 0 Å². The van der Waals surface area contributed by atoms with Crippen LogP contribution in [0.3, 0.4) is 0 Å². The van der Waals surface area contributed by atoms with E-state index in [0.29, 0.717) is 5.92 Å². The lowest BCUT2D eigenvalue weighted by molar-refractivity contribution is 0.429. The van der Waals surface area contributed by atoms with Crippen LogP contribution >= 0.6 is 0 Å². The molecule has 1 saturated heterocycles. The van der Waals surface area contributed by atoms with Crippen molar-refractivity contribution in [3.05, 3.63) is 52.6 Å². The number of hydrogen-bond donors (Lipinski definition) is 2. The number of nitrogens with zero attached hydrogens (tertiary/aromatic N) is 1. The van der Waals surface area contributed by atoms with Gasteiger partial charge in [0.25, 0.3) is 5.56 Å². The van der Waals surface area contributed by atoms with Crippen LogP contribution in [0.25, 0.3) is 11.3 Å². The van der Waals surface area contributed by atoms with Crippen LogP contribution in [-0.2, 0) is 0 Å². The van der Waals surface area contributed by atoms with E-state index in [1.165, 1.54) is 0 Å². The molecular weight excluding hydrogens is 214 g/mol. The van der Waals surface area contributed by atoms with Gasteiger partial charge < -0.3 is 10.3 Å². The fourth-order valence-corrected chi connectivity index (χ4v) is 1.91. The Morgan fingerprint density at radius 1 is 1.18 bits per heavy atom. The number of aromatic nitrogens is 2. The second kappa shape index (κ2) is 4.14. The quantitative estimate of drug-likeness (QED) is 0.808. The van der Waals surface area contributed by atoms with Gasteiger partial charge >= 0.3 is 0 Å². The van der Waals surface area contributed by atoms with Crippen molar-refractivity contribution in [1.29, 1.82) is 0 Å². The van der Waals surface area contributed by atoms with Crippen LogP contribution in [0.1, 0.15) is 11.7 Å². The predicted octanol–water partition coefficient (Wildman–Crippen LogP) is 1.12. The van der Waals surface area contributed by atoms with E-state index in [1.807, 2.05) is 30.3 Å². The van der Waals surface area contributed by atoms with Gasteiger partial charge in [0, 0.05) is 30.6 Å². The Bertz CT molecular complexity index is 573. The van der Waals surface area contributed by atoms with Crippen LogP contribution in [0.5, 0.6) is 0 Å². The van der Waals surface area contributed by atoms with E-state index in [-0.39, 0.29) is 5.56 Å². The largest absolute Gasteiger partial charge is 0.315 e. The Hall–Kier alpha value is -1.94. The van der Waals surface area contributed by atoms with Crippen LogP contribution in [0.15, 0.2) is 41.2 Å². The first kappa shape index (κ1) is 10.2. The highest BCUT2D eigenvalue weighted by atomic mass is 16.1. The minimum absolute atomic E-state index is 0.0826. The molecule has 0 radical (unpaired) electrons. The van der Waals surface area contributed by atoms with E-state index < -0.39 is 0 Å². The average Bonchev–Trinajstić information content (AvgIpc) is 2.27. The molecule has 3 rings (SSSR count). The molecule has 1 aromatic heterocycles. The molecule has 1 aliphatic heterocycles. The topological polar surface area (TPSA) is 57.8 Å². The Kier molecular flexibility index (Phi) is 2.49. The number of hydrogen-bond acceptors (Lipinski definition) is 3. The molecule has 0 bridgehead atoms. The minimum Gasteiger partial charge on any atom is -0.315 e. The van der Waals surface area contributed by atoms with Crippen molar-refractivity contribution in [3.63, 3.8) is 0 Å². The number of H-pyrrole nitrogens is 1. The van der Waals surface area contributed by atoms with Gasteiger partial charge in [-0.25, -0.2) is 4.98 Å². The summed E-state index contributed by atoms with van der Waals surface area (Å²) in [5, 5.41) is 3.18. The second-order valence-electron chi connectivity index (χ2n) is 4.24. The molecule has 4 nitrogen and oxygen atoms in total. The molecule has 17 heavy (non-hydrogen) atoms. The third-order valence-electron chi connectivity index (χ3n) is 3.00. The van der Waals surface area contributed by atoms with E-state index >= 15 is 0 Å². The standard InChI is InChI=1S/C13H13N3O/c17-12-6-11(9-4-2-1-3-5-9)15-13(16-12)10-7-14-8-10/h1-6,10,14H,7-8H2,(H,15,16,17). The molecule has 0 atom stereocenters. The molecule has 0 spiro atoms. The van der Waals surface area contributed by atoms with Crippen molar-refractivity contribution in [2.24, 2.45) is 0 Å². The minimum atomic E-state index is -0.0826. The summed E-state index contributed by atoms with van der Waals surface area (Å²) in [6.45, 7) is 1.78. The third-order valence-corrected chi connectivity index (χ3v) is 3.00. The third kappa shape index (κ3) is 1.99. The Labute approximate surface area is 98.7 Å². The predicted molar refractivity (Wildman–Crippen MR) is 65.9 cm³/mol. The average molecular weight is 227 g/mol. The maximum atomic E-state index is 11.6.